The molecule has 4 unspecified atom stereocenters. The first-order valence-electron chi connectivity index (χ1n) is 8.34. The summed E-state index contributed by atoms with van der Waals surface area (Å²) in [7, 11) is 0. The van der Waals surface area contributed by atoms with E-state index >= 15 is 0 Å². The minimum atomic E-state index is -0.372. The van der Waals surface area contributed by atoms with Crippen molar-refractivity contribution in [1.29, 1.82) is 0 Å². The Hall–Kier alpha value is -1.10. The van der Waals surface area contributed by atoms with E-state index in [9.17, 15) is 9.59 Å². The largest absolute Gasteiger partial charge is 0.461 e. The van der Waals surface area contributed by atoms with Crippen LogP contribution in [0.25, 0.3) is 0 Å². The molecule has 0 saturated heterocycles. The fourth-order valence-electron chi connectivity index (χ4n) is 4.42. The van der Waals surface area contributed by atoms with E-state index in [2.05, 4.69) is 49.4 Å². The van der Waals surface area contributed by atoms with Gasteiger partial charge >= 0.3 is 11.9 Å². The van der Waals surface area contributed by atoms with Crippen LogP contribution in [0.1, 0.15) is 53.9 Å². The van der Waals surface area contributed by atoms with Gasteiger partial charge in [0.05, 0.1) is 4.83 Å². The summed E-state index contributed by atoms with van der Waals surface area (Å²) in [5.74, 6) is -0.564. The molecule has 5 heteroatoms. The van der Waals surface area contributed by atoms with Crippen LogP contribution in [-0.4, -0.2) is 29.0 Å². The maximum Gasteiger partial charge on any atom is 0.302 e. The molecular weight excluding hydrogens is 372 g/mol. The van der Waals surface area contributed by atoms with Crippen molar-refractivity contribution < 1.29 is 19.1 Å². The van der Waals surface area contributed by atoms with Crippen LogP contribution < -0.4 is 0 Å². The van der Waals surface area contributed by atoms with Crippen LogP contribution in [0.5, 0.6) is 0 Å². The SMILES string of the molecule is C=C1CC(OC(C)=O)C(Br)C(C)(C)C12CC=C(C)CC2OC(C)=O. The van der Waals surface area contributed by atoms with Crippen molar-refractivity contribution in [2.24, 2.45) is 10.8 Å². The third kappa shape index (κ3) is 3.07. The van der Waals surface area contributed by atoms with Gasteiger partial charge in [0.15, 0.2) is 0 Å². The molecule has 0 heterocycles. The van der Waals surface area contributed by atoms with Gasteiger partial charge in [-0.3, -0.25) is 9.59 Å². The van der Waals surface area contributed by atoms with E-state index in [1.54, 1.807) is 0 Å². The lowest BCUT2D eigenvalue weighted by atomic mass is 9.49. The molecule has 0 bridgehead atoms. The van der Waals surface area contributed by atoms with Gasteiger partial charge in [0.25, 0.3) is 0 Å². The zero-order valence-electron chi connectivity index (χ0n) is 15.1. The van der Waals surface area contributed by atoms with Gasteiger partial charge in [-0.1, -0.05) is 53.6 Å². The maximum atomic E-state index is 11.7. The number of ether oxygens (including phenoxy) is 2. The van der Waals surface area contributed by atoms with Crippen LogP contribution in [-0.2, 0) is 19.1 Å². The number of hydrogen-bond donors (Lipinski definition) is 0. The molecule has 0 N–H and O–H groups in total. The molecule has 0 amide bonds. The van der Waals surface area contributed by atoms with Crippen LogP contribution in [0, 0.1) is 10.8 Å². The van der Waals surface area contributed by atoms with Crippen molar-refractivity contribution in [3.63, 3.8) is 0 Å². The first-order chi connectivity index (χ1) is 11.0. The number of hydrogen-bond acceptors (Lipinski definition) is 4. The second kappa shape index (κ2) is 6.66. The highest BCUT2D eigenvalue weighted by Crippen LogP contribution is 2.62. The van der Waals surface area contributed by atoms with E-state index in [0.717, 1.165) is 12.0 Å². The quantitative estimate of drug-likeness (QED) is 0.394. The summed E-state index contributed by atoms with van der Waals surface area (Å²) in [6.45, 7) is 13.5. The van der Waals surface area contributed by atoms with Crippen LogP contribution >= 0.6 is 15.9 Å². The Kier molecular flexibility index (Phi) is 5.34. The van der Waals surface area contributed by atoms with Crippen LogP contribution in [0.2, 0.25) is 0 Å². The summed E-state index contributed by atoms with van der Waals surface area (Å²) in [6, 6.07) is 0. The molecule has 2 aliphatic carbocycles. The van der Waals surface area contributed by atoms with E-state index in [0.29, 0.717) is 12.8 Å². The molecule has 0 radical (unpaired) electrons. The van der Waals surface area contributed by atoms with Crippen molar-refractivity contribution in [2.75, 3.05) is 0 Å². The van der Waals surface area contributed by atoms with E-state index in [1.807, 2.05) is 0 Å². The van der Waals surface area contributed by atoms with Crippen molar-refractivity contribution in [3.05, 3.63) is 23.8 Å². The van der Waals surface area contributed by atoms with Crippen molar-refractivity contribution in [1.82, 2.24) is 0 Å². The number of carbonyl (C=O) groups is 2. The third-order valence-electron chi connectivity index (χ3n) is 5.70. The first kappa shape index (κ1) is 19.2. The molecule has 0 aromatic heterocycles. The fraction of sp³-hybridized carbons (Fsp3) is 0.684. The van der Waals surface area contributed by atoms with Crippen LogP contribution in [0.15, 0.2) is 23.8 Å². The van der Waals surface area contributed by atoms with Gasteiger partial charge in [0.2, 0.25) is 0 Å². The Morgan fingerprint density at radius 1 is 1.21 bits per heavy atom. The van der Waals surface area contributed by atoms with E-state index in [-0.39, 0.29) is 39.8 Å². The normalized spacial score (nSPS) is 35.3. The average Bonchev–Trinajstić information content (AvgIpc) is 2.43. The minimum Gasteiger partial charge on any atom is -0.461 e. The predicted octanol–water partition coefficient (Wildman–Crippen LogP) is 4.33. The lowest BCUT2D eigenvalue weighted by molar-refractivity contribution is -0.165. The second-order valence-corrected chi connectivity index (χ2v) is 8.59. The van der Waals surface area contributed by atoms with Crippen molar-refractivity contribution in [2.45, 2.75) is 70.9 Å². The molecule has 1 saturated carbocycles. The lowest BCUT2D eigenvalue weighted by Gasteiger charge is -2.59. The molecule has 2 aliphatic rings. The molecule has 24 heavy (non-hydrogen) atoms. The van der Waals surface area contributed by atoms with Crippen molar-refractivity contribution >= 4 is 27.9 Å². The molecule has 4 nitrogen and oxygen atoms in total. The molecule has 1 fully saturated rings. The van der Waals surface area contributed by atoms with Gasteiger partial charge in [0.1, 0.15) is 12.2 Å². The first-order valence-corrected chi connectivity index (χ1v) is 9.26. The number of allylic oxidation sites excluding steroid dienone is 1. The number of rotatable bonds is 2. The Labute approximate surface area is 152 Å². The smallest absolute Gasteiger partial charge is 0.302 e. The van der Waals surface area contributed by atoms with Gasteiger partial charge < -0.3 is 9.47 Å². The highest BCUT2D eigenvalue weighted by atomic mass is 79.9. The van der Waals surface area contributed by atoms with Gasteiger partial charge in [0, 0.05) is 32.1 Å². The lowest BCUT2D eigenvalue weighted by Crippen LogP contribution is -2.60. The fourth-order valence-corrected chi connectivity index (χ4v) is 5.12. The number of esters is 2. The van der Waals surface area contributed by atoms with E-state index < -0.39 is 0 Å². The molecule has 0 aliphatic heterocycles. The summed E-state index contributed by atoms with van der Waals surface area (Å²) in [4.78, 5) is 23.1. The molecule has 0 aromatic carbocycles. The molecular formula is C19H27BrO4. The molecule has 1 spiro atoms. The second-order valence-electron chi connectivity index (χ2n) is 7.61. The Bertz CT molecular complexity index is 592. The highest BCUT2D eigenvalue weighted by Gasteiger charge is 2.61. The number of carbonyl (C=O) groups excluding carboxylic acids is 2. The maximum absolute atomic E-state index is 11.7. The zero-order valence-corrected chi connectivity index (χ0v) is 16.7. The Balaban J connectivity index is 2.47. The van der Waals surface area contributed by atoms with Gasteiger partial charge in [-0.05, 0) is 18.8 Å². The predicted molar refractivity (Wildman–Crippen MR) is 96.8 cm³/mol. The Morgan fingerprint density at radius 2 is 1.79 bits per heavy atom. The summed E-state index contributed by atoms with van der Waals surface area (Å²) in [6.07, 6.45) is 3.77. The Morgan fingerprint density at radius 3 is 2.33 bits per heavy atom. The summed E-state index contributed by atoms with van der Waals surface area (Å²) in [5.41, 5.74) is 1.54. The van der Waals surface area contributed by atoms with Gasteiger partial charge in [-0.2, -0.15) is 0 Å². The van der Waals surface area contributed by atoms with Gasteiger partial charge in [-0.15, -0.1) is 0 Å². The van der Waals surface area contributed by atoms with Gasteiger partial charge in [-0.25, -0.2) is 0 Å². The summed E-state index contributed by atoms with van der Waals surface area (Å²) >= 11 is 3.77. The number of halogens is 1. The van der Waals surface area contributed by atoms with Crippen LogP contribution in [0.4, 0.5) is 0 Å². The average molecular weight is 399 g/mol. The third-order valence-corrected chi connectivity index (χ3v) is 7.43. The van der Waals surface area contributed by atoms with E-state index in [1.165, 1.54) is 19.4 Å². The van der Waals surface area contributed by atoms with Crippen molar-refractivity contribution in [3.8, 4) is 0 Å². The highest BCUT2D eigenvalue weighted by molar-refractivity contribution is 9.09. The molecule has 2 rings (SSSR count). The molecule has 134 valence electrons. The monoisotopic (exact) mass is 398 g/mol. The summed E-state index contributed by atoms with van der Waals surface area (Å²) in [5, 5.41) is 0. The minimum absolute atomic E-state index is 0.0516. The van der Waals surface area contributed by atoms with E-state index in [4.69, 9.17) is 9.47 Å². The molecule has 0 aromatic rings. The van der Waals surface area contributed by atoms with Crippen LogP contribution in [0.3, 0.4) is 0 Å². The zero-order chi connectivity index (χ0) is 18.3. The standard InChI is InChI=1S/C19H27BrO4/c1-11-7-8-19(16(9-11)24-14(4)22)12(2)10-15(23-13(3)21)17(20)18(19,5)6/h7,15-17H,2,8-10H2,1,3-6H3. The summed E-state index contributed by atoms with van der Waals surface area (Å²) < 4.78 is 11.3. The molecule has 4 atom stereocenters. The topological polar surface area (TPSA) is 52.6 Å². The number of alkyl halides is 1.